The van der Waals surface area contributed by atoms with Gasteiger partial charge in [-0.25, -0.2) is 13.6 Å². The summed E-state index contributed by atoms with van der Waals surface area (Å²) in [5.74, 6) is -2.06. The van der Waals surface area contributed by atoms with Crippen LogP contribution in [-0.4, -0.2) is 5.97 Å². The second-order valence-electron chi connectivity index (χ2n) is 10.7. The number of rotatable bonds is 9. The van der Waals surface area contributed by atoms with Crippen molar-refractivity contribution in [1.82, 2.24) is 0 Å². The van der Waals surface area contributed by atoms with Crippen LogP contribution < -0.4 is 4.74 Å². The van der Waals surface area contributed by atoms with Gasteiger partial charge in [0.05, 0.1) is 5.56 Å². The number of esters is 1. The SMILES string of the molecule is C=CCCC1CCC2CC(c3ccc(C(=O)Oc4ccc(CC/C=C/C)c(F)c4F)c(F)c3)CCC2C1. The molecule has 5 heteroatoms. The Bertz CT molecular complexity index is 1140. The van der Waals surface area contributed by atoms with Gasteiger partial charge in [-0.1, -0.05) is 36.8 Å². The zero-order valence-corrected chi connectivity index (χ0v) is 21.7. The highest BCUT2D eigenvalue weighted by atomic mass is 19.2. The van der Waals surface area contributed by atoms with Gasteiger partial charge in [0, 0.05) is 0 Å². The highest BCUT2D eigenvalue weighted by molar-refractivity contribution is 5.91. The van der Waals surface area contributed by atoms with E-state index in [9.17, 15) is 18.0 Å². The number of hydrogen-bond donors (Lipinski definition) is 0. The molecule has 0 saturated heterocycles. The van der Waals surface area contributed by atoms with Gasteiger partial charge in [0.2, 0.25) is 5.82 Å². The largest absolute Gasteiger partial charge is 0.420 e. The minimum absolute atomic E-state index is 0.200. The van der Waals surface area contributed by atoms with Gasteiger partial charge in [0.15, 0.2) is 11.6 Å². The predicted molar refractivity (Wildman–Crippen MR) is 141 cm³/mol. The van der Waals surface area contributed by atoms with Crippen molar-refractivity contribution in [2.24, 2.45) is 17.8 Å². The van der Waals surface area contributed by atoms with E-state index in [2.05, 4.69) is 6.58 Å². The van der Waals surface area contributed by atoms with Crippen LogP contribution in [0.15, 0.2) is 55.1 Å². The molecule has 0 radical (unpaired) electrons. The van der Waals surface area contributed by atoms with Crippen molar-refractivity contribution >= 4 is 5.97 Å². The summed E-state index contributed by atoms with van der Waals surface area (Å²) < 4.78 is 49.0. The van der Waals surface area contributed by atoms with E-state index in [1.54, 1.807) is 6.07 Å². The van der Waals surface area contributed by atoms with Crippen LogP contribution in [0.5, 0.6) is 5.75 Å². The Hall–Kier alpha value is -2.82. The van der Waals surface area contributed by atoms with Gasteiger partial charge in [-0.05, 0) is 118 Å². The number of ether oxygens (including phenoxy) is 1. The molecule has 2 aromatic rings. The summed E-state index contributed by atoms with van der Waals surface area (Å²) in [7, 11) is 0. The van der Waals surface area contributed by atoms with E-state index in [0.717, 1.165) is 43.1 Å². The summed E-state index contributed by atoms with van der Waals surface area (Å²) in [6.07, 6.45) is 15.9. The molecule has 4 rings (SSSR count). The topological polar surface area (TPSA) is 26.3 Å². The number of hydrogen-bond acceptors (Lipinski definition) is 2. The second kappa shape index (κ2) is 12.6. The number of halogens is 3. The minimum atomic E-state index is -1.24. The first-order valence-electron chi connectivity index (χ1n) is 13.6. The average molecular weight is 511 g/mol. The smallest absolute Gasteiger partial charge is 0.346 e. The van der Waals surface area contributed by atoms with Crippen molar-refractivity contribution in [3.05, 3.63) is 89.3 Å². The van der Waals surface area contributed by atoms with Crippen LogP contribution in [0.4, 0.5) is 13.2 Å². The molecule has 2 aromatic carbocycles. The summed E-state index contributed by atoms with van der Waals surface area (Å²) >= 11 is 0. The van der Waals surface area contributed by atoms with Crippen molar-refractivity contribution < 1.29 is 22.7 Å². The first kappa shape index (κ1) is 27.2. The molecule has 0 spiro atoms. The Balaban J connectivity index is 1.38. The summed E-state index contributed by atoms with van der Waals surface area (Å²) in [5.41, 5.74) is 0.812. The summed E-state index contributed by atoms with van der Waals surface area (Å²) in [6, 6.07) is 7.22. The molecule has 2 nitrogen and oxygen atoms in total. The molecule has 198 valence electrons. The molecule has 2 saturated carbocycles. The molecule has 0 aliphatic heterocycles. The number of benzene rings is 2. The Labute approximate surface area is 218 Å². The number of carbonyl (C=O) groups is 1. The van der Waals surface area contributed by atoms with E-state index in [-0.39, 0.29) is 17.0 Å². The van der Waals surface area contributed by atoms with E-state index in [0.29, 0.717) is 18.8 Å². The van der Waals surface area contributed by atoms with Crippen LogP contribution in [-0.2, 0) is 6.42 Å². The van der Waals surface area contributed by atoms with E-state index >= 15 is 0 Å². The van der Waals surface area contributed by atoms with Crippen LogP contribution >= 0.6 is 0 Å². The number of allylic oxidation sites excluding steroid dienone is 3. The van der Waals surface area contributed by atoms with E-state index in [4.69, 9.17) is 4.74 Å². The molecular weight excluding hydrogens is 473 g/mol. The summed E-state index contributed by atoms with van der Waals surface area (Å²) in [5, 5.41) is 0. The number of fused-ring (bicyclic) bond motifs is 1. The third kappa shape index (κ3) is 6.55. The Morgan fingerprint density at radius 3 is 2.54 bits per heavy atom. The first-order chi connectivity index (χ1) is 17.9. The van der Waals surface area contributed by atoms with Crippen LogP contribution in [0.1, 0.15) is 92.1 Å². The monoisotopic (exact) mass is 510 g/mol. The van der Waals surface area contributed by atoms with Crippen LogP contribution in [0.2, 0.25) is 0 Å². The third-order valence-electron chi connectivity index (χ3n) is 8.33. The lowest BCUT2D eigenvalue weighted by Gasteiger charge is -2.42. The Kier molecular flexibility index (Phi) is 9.28. The van der Waals surface area contributed by atoms with Crippen molar-refractivity contribution in [1.29, 1.82) is 0 Å². The molecule has 0 bridgehead atoms. The van der Waals surface area contributed by atoms with Gasteiger partial charge < -0.3 is 4.74 Å². The minimum Gasteiger partial charge on any atom is -0.420 e. The summed E-state index contributed by atoms with van der Waals surface area (Å²) in [6.45, 7) is 5.70. The van der Waals surface area contributed by atoms with Crippen molar-refractivity contribution in [2.45, 2.75) is 77.0 Å². The molecule has 4 unspecified atom stereocenters. The average Bonchev–Trinajstić information content (AvgIpc) is 2.91. The zero-order chi connectivity index (χ0) is 26.4. The lowest BCUT2D eigenvalue weighted by molar-refractivity contribution is 0.0721. The van der Waals surface area contributed by atoms with Gasteiger partial charge >= 0.3 is 5.97 Å². The molecule has 2 aliphatic rings. The van der Waals surface area contributed by atoms with Gasteiger partial charge in [-0.15, -0.1) is 6.58 Å². The molecule has 4 atom stereocenters. The molecule has 0 heterocycles. The number of aryl methyl sites for hydroxylation is 1. The zero-order valence-electron chi connectivity index (χ0n) is 21.7. The maximum Gasteiger partial charge on any atom is 0.346 e. The lowest BCUT2D eigenvalue weighted by atomic mass is 9.63. The maximum atomic E-state index is 15.0. The second-order valence-corrected chi connectivity index (χ2v) is 10.7. The van der Waals surface area contributed by atoms with Crippen LogP contribution in [0.3, 0.4) is 0 Å². The van der Waals surface area contributed by atoms with E-state index in [1.807, 2.05) is 25.2 Å². The van der Waals surface area contributed by atoms with Crippen molar-refractivity contribution in [3.8, 4) is 5.75 Å². The molecule has 0 N–H and O–H groups in total. The third-order valence-corrected chi connectivity index (χ3v) is 8.33. The number of carbonyl (C=O) groups excluding carboxylic acids is 1. The fraction of sp³-hybridized carbons (Fsp3) is 0.469. The Morgan fingerprint density at radius 2 is 1.78 bits per heavy atom. The molecule has 2 fully saturated rings. The highest BCUT2D eigenvalue weighted by Gasteiger charge is 2.36. The standard InChI is InChI=1S/C32H37F3O2/c1-3-5-7-9-22-15-17-29(31(35)30(22)34)37-32(36)27-16-14-26(20-28(27)33)25-13-12-23-18-21(8-6-4-2)10-11-24(23)19-25/h3-5,14-17,20-21,23-25H,2,6-13,18-19H2,1H3/b5-3+. The van der Waals surface area contributed by atoms with Gasteiger partial charge in [0.25, 0.3) is 0 Å². The van der Waals surface area contributed by atoms with Crippen molar-refractivity contribution in [3.63, 3.8) is 0 Å². The quantitative estimate of drug-likeness (QED) is 0.191. The maximum absolute atomic E-state index is 15.0. The summed E-state index contributed by atoms with van der Waals surface area (Å²) in [4.78, 5) is 12.6. The molecule has 2 aliphatic carbocycles. The van der Waals surface area contributed by atoms with Gasteiger partial charge in [-0.3, -0.25) is 0 Å². The van der Waals surface area contributed by atoms with E-state index < -0.39 is 29.2 Å². The normalized spacial score (nSPS) is 23.6. The van der Waals surface area contributed by atoms with Crippen LogP contribution in [0, 0.1) is 35.2 Å². The Morgan fingerprint density at radius 1 is 1.00 bits per heavy atom. The van der Waals surface area contributed by atoms with Gasteiger partial charge in [0.1, 0.15) is 5.82 Å². The highest BCUT2D eigenvalue weighted by Crippen LogP contribution is 2.48. The molecule has 37 heavy (non-hydrogen) atoms. The molecule has 0 aromatic heterocycles. The first-order valence-corrected chi connectivity index (χ1v) is 13.6. The van der Waals surface area contributed by atoms with Crippen LogP contribution in [0.25, 0.3) is 0 Å². The van der Waals surface area contributed by atoms with Crippen molar-refractivity contribution in [2.75, 3.05) is 0 Å². The lowest BCUT2D eigenvalue weighted by Crippen LogP contribution is -2.30. The van der Waals surface area contributed by atoms with E-state index in [1.165, 1.54) is 49.9 Å². The fourth-order valence-electron chi connectivity index (χ4n) is 6.26. The molecule has 0 amide bonds. The fourth-order valence-corrected chi connectivity index (χ4v) is 6.26. The van der Waals surface area contributed by atoms with Gasteiger partial charge in [-0.2, -0.15) is 4.39 Å². The molecular formula is C32H37F3O2. The predicted octanol–water partition coefficient (Wildman–Crippen LogP) is 9.10.